The number of rotatable bonds is 10. The van der Waals surface area contributed by atoms with Crippen molar-refractivity contribution >= 4 is 35.4 Å². The first-order chi connectivity index (χ1) is 15.3. The van der Waals surface area contributed by atoms with E-state index in [1.807, 2.05) is 0 Å². The van der Waals surface area contributed by atoms with Crippen LogP contribution in [0.25, 0.3) is 0 Å². The molecule has 9 nitrogen and oxygen atoms in total. The number of benzene rings is 1. The van der Waals surface area contributed by atoms with Crippen molar-refractivity contribution in [3.8, 4) is 0 Å². The van der Waals surface area contributed by atoms with E-state index in [0.29, 0.717) is 31.2 Å². The minimum atomic E-state index is -1.03. The molecule has 4 amide bonds. The molecule has 0 bridgehead atoms. The van der Waals surface area contributed by atoms with E-state index < -0.39 is 29.7 Å². The van der Waals surface area contributed by atoms with Crippen molar-refractivity contribution in [2.24, 2.45) is 0 Å². The van der Waals surface area contributed by atoms with E-state index in [0.717, 1.165) is 17.7 Å². The second-order valence-corrected chi connectivity index (χ2v) is 7.99. The number of ketones is 1. The number of hydrogen-bond acceptors (Lipinski definition) is 7. The molecule has 1 fully saturated rings. The van der Waals surface area contributed by atoms with Crippen LogP contribution in [0, 0.1) is 0 Å². The number of methoxy groups -OCH3 is 1. The molecule has 1 aromatic rings. The second-order valence-electron chi connectivity index (χ2n) is 7.99. The summed E-state index contributed by atoms with van der Waals surface area (Å²) in [6.07, 6.45) is 3.85. The molecule has 32 heavy (non-hydrogen) atoms. The molecular weight excluding hydrogens is 416 g/mol. The maximum Gasteiger partial charge on any atom is 0.305 e. The third kappa shape index (κ3) is 5.09. The molecule has 3 rings (SSSR count). The summed E-state index contributed by atoms with van der Waals surface area (Å²) < 4.78 is 4.59. The van der Waals surface area contributed by atoms with Crippen LogP contribution in [-0.2, 0) is 30.3 Å². The standard InChI is InChI=1S/C23H26N2O7/c1-32-19(28)10-5-3-2-4-8-15(26)13-14-7-6-9-16-20(14)23(31)25(22(16)30)17-11-12-18(27)24-21(17)29/h6-7,9,17H,2-5,8,10-13H2,1H3,(H,24,27,29). The number of ether oxygens (including phenoxy) is 1. The summed E-state index contributed by atoms with van der Waals surface area (Å²) in [5.41, 5.74) is 0.799. The molecule has 2 aliphatic heterocycles. The SMILES string of the molecule is COC(=O)CCCCCCC(=O)Cc1cccc2c1C(=O)N(C1CCC(=O)NC1=O)C2=O. The summed E-state index contributed by atoms with van der Waals surface area (Å²) >= 11 is 0. The zero-order valence-electron chi connectivity index (χ0n) is 18.0. The molecule has 0 spiro atoms. The Morgan fingerprint density at radius 2 is 1.75 bits per heavy atom. The van der Waals surface area contributed by atoms with Crippen LogP contribution in [0.3, 0.4) is 0 Å². The molecule has 1 N–H and O–H groups in total. The number of nitrogens with one attached hydrogen (secondary N) is 1. The number of Topliss-reactive ketones (excluding diaryl/α,β-unsaturated/α-hetero) is 1. The molecule has 0 radical (unpaired) electrons. The zero-order valence-corrected chi connectivity index (χ0v) is 18.0. The Balaban J connectivity index is 1.60. The fourth-order valence-electron chi connectivity index (χ4n) is 4.08. The van der Waals surface area contributed by atoms with Gasteiger partial charge in [0.1, 0.15) is 11.8 Å². The van der Waals surface area contributed by atoms with Gasteiger partial charge in [-0.15, -0.1) is 0 Å². The summed E-state index contributed by atoms with van der Waals surface area (Å²) in [5.74, 6) is -2.58. The summed E-state index contributed by atoms with van der Waals surface area (Å²) in [4.78, 5) is 73.9. The Hall–Kier alpha value is -3.36. The average Bonchev–Trinajstić information content (AvgIpc) is 3.01. The first kappa shape index (κ1) is 23.3. The maximum atomic E-state index is 13.0. The van der Waals surface area contributed by atoms with Crippen molar-refractivity contribution in [2.75, 3.05) is 7.11 Å². The lowest BCUT2D eigenvalue weighted by Crippen LogP contribution is -2.54. The quantitative estimate of drug-likeness (QED) is 0.332. The van der Waals surface area contributed by atoms with E-state index in [2.05, 4.69) is 10.1 Å². The normalized spacial score (nSPS) is 17.9. The number of hydrogen-bond donors (Lipinski definition) is 1. The van der Waals surface area contributed by atoms with Gasteiger partial charge in [-0.1, -0.05) is 25.0 Å². The van der Waals surface area contributed by atoms with Gasteiger partial charge in [-0.25, -0.2) is 0 Å². The third-order valence-electron chi connectivity index (χ3n) is 5.76. The molecule has 2 aliphatic rings. The highest BCUT2D eigenvalue weighted by Gasteiger charge is 2.45. The fraction of sp³-hybridized carbons (Fsp3) is 0.478. The van der Waals surface area contributed by atoms with Gasteiger partial charge < -0.3 is 4.74 Å². The lowest BCUT2D eigenvalue weighted by molar-refractivity contribution is -0.141. The number of unbranched alkanes of at least 4 members (excludes halogenated alkanes) is 3. The molecule has 1 atom stereocenters. The Morgan fingerprint density at radius 1 is 1.03 bits per heavy atom. The van der Waals surface area contributed by atoms with Crippen molar-refractivity contribution < 1.29 is 33.5 Å². The average molecular weight is 442 g/mol. The number of imide groups is 2. The number of amides is 4. The molecule has 2 heterocycles. The van der Waals surface area contributed by atoms with Crippen molar-refractivity contribution in [1.82, 2.24) is 10.2 Å². The van der Waals surface area contributed by atoms with Crippen LogP contribution in [0.2, 0.25) is 0 Å². The highest BCUT2D eigenvalue weighted by Crippen LogP contribution is 2.30. The highest BCUT2D eigenvalue weighted by atomic mass is 16.5. The van der Waals surface area contributed by atoms with Gasteiger partial charge in [0, 0.05) is 25.7 Å². The van der Waals surface area contributed by atoms with Gasteiger partial charge in [-0.3, -0.25) is 39.0 Å². The van der Waals surface area contributed by atoms with Crippen molar-refractivity contribution in [2.45, 2.75) is 63.8 Å². The molecule has 1 unspecified atom stereocenters. The molecule has 170 valence electrons. The first-order valence-electron chi connectivity index (χ1n) is 10.8. The van der Waals surface area contributed by atoms with Crippen LogP contribution >= 0.6 is 0 Å². The number of fused-ring (bicyclic) bond motifs is 1. The topological polar surface area (TPSA) is 127 Å². The molecule has 9 heteroatoms. The number of carbonyl (C=O) groups excluding carboxylic acids is 6. The van der Waals surface area contributed by atoms with E-state index in [4.69, 9.17) is 0 Å². The highest BCUT2D eigenvalue weighted by molar-refractivity contribution is 6.24. The Morgan fingerprint density at radius 3 is 2.44 bits per heavy atom. The Labute approximate surface area is 185 Å². The van der Waals surface area contributed by atoms with Gasteiger partial charge in [0.15, 0.2) is 0 Å². The fourth-order valence-corrected chi connectivity index (χ4v) is 4.08. The molecular formula is C23H26N2O7. The number of piperidine rings is 1. The van der Waals surface area contributed by atoms with Crippen molar-refractivity contribution in [3.05, 3.63) is 34.9 Å². The van der Waals surface area contributed by atoms with Gasteiger partial charge >= 0.3 is 5.97 Å². The van der Waals surface area contributed by atoms with E-state index >= 15 is 0 Å². The third-order valence-corrected chi connectivity index (χ3v) is 5.76. The number of esters is 1. The van der Waals surface area contributed by atoms with Gasteiger partial charge in [-0.05, 0) is 30.9 Å². The molecule has 0 aliphatic carbocycles. The Kier molecular flexibility index (Phi) is 7.50. The van der Waals surface area contributed by atoms with E-state index in [1.54, 1.807) is 12.1 Å². The largest absolute Gasteiger partial charge is 0.469 e. The molecule has 0 saturated carbocycles. The van der Waals surface area contributed by atoms with E-state index in [-0.39, 0.29) is 42.1 Å². The molecule has 1 saturated heterocycles. The van der Waals surface area contributed by atoms with Crippen LogP contribution in [0.4, 0.5) is 0 Å². The summed E-state index contributed by atoms with van der Waals surface area (Å²) in [7, 11) is 1.35. The predicted octanol–water partition coefficient (Wildman–Crippen LogP) is 1.71. The summed E-state index contributed by atoms with van der Waals surface area (Å²) in [5, 5.41) is 2.16. The van der Waals surface area contributed by atoms with E-state index in [1.165, 1.54) is 13.2 Å². The van der Waals surface area contributed by atoms with Gasteiger partial charge in [0.05, 0.1) is 18.2 Å². The van der Waals surface area contributed by atoms with Gasteiger partial charge in [0.25, 0.3) is 11.8 Å². The predicted molar refractivity (Wildman–Crippen MR) is 112 cm³/mol. The zero-order chi connectivity index (χ0) is 23.3. The lowest BCUT2D eigenvalue weighted by atomic mass is 9.96. The summed E-state index contributed by atoms with van der Waals surface area (Å²) in [6, 6.07) is 3.74. The number of carbonyl (C=O) groups is 6. The van der Waals surface area contributed by atoms with Gasteiger partial charge in [-0.2, -0.15) is 0 Å². The van der Waals surface area contributed by atoms with Crippen molar-refractivity contribution in [1.29, 1.82) is 0 Å². The minimum absolute atomic E-state index is 0.0214. The molecule has 0 aromatic heterocycles. The van der Waals surface area contributed by atoms with Crippen LogP contribution in [-0.4, -0.2) is 53.4 Å². The van der Waals surface area contributed by atoms with Crippen LogP contribution in [0.1, 0.15) is 77.6 Å². The molecule has 1 aromatic carbocycles. The number of nitrogens with zero attached hydrogens (tertiary/aromatic N) is 1. The Bertz CT molecular complexity index is 969. The first-order valence-corrected chi connectivity index (χ1v) is 10.8. The monoisotopic (exact) mass is 442 g/mol. The van der Waals surface area contributed by atoms with E-state index in [9.17, 15) is 28.8 Å². The van der Waals surface area contributed by atoms with Crippen LogP contribution in [0.5, 0.6) is 0 Å². The van der Waals surface area contributed by atoms with Crippen LogP contribution in [0.15, 0.2) is 18.2 Å². The second kappa shape index (κ2) is 10.3. The summed E-state index contributed by atoms with van der Waals surface area (Å²) in [6.45, 7) is 0. The van der Waals surface area contributed by atoms with Crippen molar-refractivity contribution in [3.63, 3.8) is 0 Å². The van der Waals surface area contributed by atoms with Crippen LogP contribution < -0.4 is 5.32 Å². The smallest absolute Gasteiger partial charge is 0.305 e. The minimum Gasteiger partial charge on any atom is -0.469 e. The van der Waals surface area contributed by atoms with Gasteiger partial charge in [0.2, 0.25) is 11.8 Å². The maximum absolute atomic E-state index is 13.0. The lowest BCUT2D eigenvalue weighted by Gasteiger charge is -2.27.